The first-order valence-electron chi connectivity index (χ1n) is 7.47. The Balaban J connectivity index is 1.97. The lowest BCUT2D eigenvalue weighted by Crippen LogP contribution is -2.21. The lowest BCUT2D eigenvalue weighted by Gasteiger charge is -2.11. The molecule has 0 unspecified atom stereocenters. The number of nitrogens with zero attached hydrogens (tertiary/aromatic N) is 1. The van der Waals surface area contributed by atoms with Gasteiger partial charge in [-0.3, -0.25) is 9.78 Å². The molecule has 0 aliphatic heterocycles. The van der Waals surface area contributed by atoms with Gasteiger partial charge in [0.15, 0.2) is 0 Å². The van der Waals surface area contributed by atoms with Crippen molar-refractivity contribution in [1.82, 2.24) is 10.3 Å². The van der Waals surface area contributed by atoms with Crippen LogP contribution in [-0.4, -0.2) is 10.9 Å². The van der Waals surface area contributed by atoms with Crippen molar-refractivity contribution in [2.45, 2.75) is 19.9 Å². The molecule has 0 spiro atoms. The molecule has 1 aromatic heterocycles. The molecule has 1 amide bonds. The number of pyridine rings is 1. The minimum Gasteiger partial charge on any atom is -0.352 e. The first kappa shape index (κ1) is 14.3. The highest BCUT2D eigenvalue weighted by molar-refractivity contribution is 5.84. The van der Waals surface area contributed by atoms with Crippen molar-refractivity contribution in [3.63, 3.8) is 0 Å². The highest BCUT2D eigenvalue weighted by atomic mass is 16.1. The van der Waals surface area contributed by atoms with E-state index in [2.05, 4.69) is 28.5 Å². The van der Waals surface area contributed by atoms with Crippen LogP contribution >= 0.6 is 0 Å². The Morgan fingerprint density at radius 2 is 1.86 bits per heavy atom. The molecule has 0 fully saturated rings. The molecule has 1 N–H and O–H groups in total. The number of hydrogen-bond donors (Lipinski definition) is 1. The maximum atomic E-state index is 11.5. The average Bonchev–Trinajstić information content (AvgIpc) is 2.59. The van der Waals surface area contributed by atoms with E-state index in [-0.39, 0.29) is 5.91 Å². The van der Waals surface area contributed by atoms with Crippen LogP contribution < -0.4 is 5.32 Å². The summed E-state index contributed by atoms with van der Waals surface area (Å²) in [5.74, 6) is 0.0615. The van der Waals surface area contributed by atoms with E-state index in [1.54, 1.807) is 0 Å². The standard InChI is InChI=1S/C19H18N2O/c1-2-19(22)21-12-15-8-3-5-9-17(15)16-11-14-7-4-6-10-18(14)20-13-16/h3-11,13H,2,12H2,1H3,(H,21,22). The summed E-state index contributed by atoms with van der Waals surface area (Å²) < 4.78 is 0. The monoisotopic (exact) mass is 290 g/mol. The van der Waals surface area contributed by atoms with Gasteiger partial charge < -0.3 is 5.32 Å². The van der Waals surface area contributed by atoms with E-state index in [0.717, 1.165) is 27.6 Å². The molecular formula is C19H18N2O. The molecule has 0 saturated heterocycles. The third-order valence-electron chi connectivity index (χ3n) is 3.72. The third-order valence-corrected chi connectivity index (χ3v) is 3.72. The van der Waals surface area contributed by atoms with Crippen molar-refractivity contribution in [3.8, 4) is 11.1 Å². The van der Waals surface area contributed by atoms with Crippen LogP contribution in [0.5, 0.6) is 0 Å². The van der Waals surface area contributed by atoms with E-state index in [1.807, 2.05) is 49.5 Å². The van der Waals surface area contributed by atoms with Crippen molar-refractivity contribution < 1.29 is 4.79 Å². The number of hydrogen-bond acceptors (Lipinski definition) is 2. The van der Waals surface area contributed by atoms with Gasteiger partial charge in [-0.25, -0.2) is 0 Å². The van der Waals surface area contributed by atoms with Gasteiger partial charge in [0.2, 0.25) is 5.91 Å². The van der Waals surface area contributed by atoms with Gasteiger partial charge >= 0.3 is 0 Å². The largest absolute Gasteiger partial charge is 0.352 e. The molecule has 3 heteroatoms. The van der Waals surface area contributed by atoms with Crippen molar-refractivity contribution >= 4 is 16.8 Å². The van der Waals surface area contributed by atoms with Gasteiger partial charge in [0, 0.05) is 30.1 Å². The second-order valence-corrected chi connectivity index (χ2v) is 5.20. The normalized spacial score (nSPS) is 10.6. The second-order valence-electron chi connectivity index (χ2n) is 5.20. The maximum absolute atomic E-state index is 11.5. The van der Waals surface area contributed by atoms with Crippen LogP contribution in [0.4, 0.5) is 0 Å². The number of aromatic nitrogens is 1. The first-order valence-corrected chi connectivity index (χ1v) is 7.47. The fraction of sp³-hybridized carbons (Fsp3) is 0.158. The minimum absolute atomic E-state index is 0.0615. The molecule has 0 atom stereocenters. The Labute approximate surface area is 130 Å². The zero-order chi connectivity index (χ0) is 15.4. The Morgan fingerprint density at radius 3 is 2.73 bits per heavy atom. The van der Waals surface area contributed by atoms with E-state index in [0.29, 0.717) is 13.0 Å². The van der Waals surface area contributed by atoms with Gasteiger partial charge in [-0.05, 0) is 23.3 Å². The first-order chi connectivity index (χ1) is 10.8. The van der Waals surface area contributed by atoms with Gasteiger partial charge in [0.05, 0.1) is 5.52 Å². The lowest BCUT2D eigenvalue weighted by atomic mass is 9.99. The Bertz CT molecular complexity index is 811. The predicted octanol–water partition coefficient (Wildman–Crippen LogP) is 3.93. The Kier molecular flexibility index (Phi) is 4.15. The van der Waals surface area contributed by atoms with E-state index >= 15 is 0 Å². The molecule has 0 saturated carbocycles. The van der Waals surface area contributed by atoms with Crippen LogP contribution in [0.2, 0.25) is 0 Å². The number of para-hydroxylation sites is 1. The summed E-state index contributed by atoms with van der Waals surface area (Å²) in [4.78, 5) is 16.0. The summed E-state index contributed by atoms with van der Waals surface area (Å²) in [6.07, 6.45) is 2.39. The van der Waals surface area contributed by atoms with Crippen LogP contribution in [0.1, 0.15) is 18.9 Å². The van der Waals surface area contributed by atoms with E-state index < -0.39 is 0 Å². The van der Waals surface area contributed by atoms with E-state index in [1.165, 1.54) is 0 Å². The molecular weight excluding hydrogens is 272 g/mol. The van der Waals surface area contributed by atoms with Crippen molar-refractivity contribution in [1.29, 1.82) is 0 Å². The van der Waals surface area contributed by atoms with Crippen molar-refractivity contribution in [2.75, 3.05) is 0 Å². The fourth-order valence-electron chi connectivity index (χ4n) is 2.49. The molecule has 22 heavy (non-hydrogen) atoms. The second kappa shape index (κ2) is 6.39. The number of amides is 1. The summed E-state index contributed by atoms with van der Waals surface area (Å²) in [6.45, 7) is 2.39. The number of nitrogens with one attached hydrogen (secondary N) is 1. The number of fused-ring (bicyclic) bond motifs is 1. The zero-order valence-corrected chi connectivity index (χ0v) is 12.5. The summed E-state index contributed by atoms with van der Waals surface area (Å²) in [6, 6.07) is 18.3. The van der Waals surface area contributed by atoms with Gasteiger partial charge in [0.1, 0.15) is 0 Å². The molecule has 0 aliphatic carbocycles. The van der Waals surface area contributed by atoms with Crippen molar-refractivity contribution in [3.05, 3.63) is 66.4 Å². The fourth-order valence-corrected chi connectivity index (χ4v) is 2.49. The number of carbonyl (C=O) groups excluding carboxylic acids is 1. The Hall–Kier alpha value is -2.68. The summed E-state index contributed by atoms with van der Waals surface area (Å²) in [7, 11) is 0. The summed E-state index contributed by atoms with van der Waals surface area (Å²) in [5, 5.41) is 4.05. The van der Waals surface area contributed by atoms with E-state index in [9.17, 15) is 4.79 Å². The lowest BCUT2D eigenvalue weighted by molar-refractivity contribution is -0.120. The Morgan fingerprint density at radius 1 is 1.09 bits per heavy atom. The van der Waals surface area contributed by atoms with Gasteiger partial charge in [-0.15, -0.1) is 0 Å². The van der Waals surface area contributed by atoms with Crippen LogP contribution in [0.15, 0.2) is 60.8 Å². The van der Waals surface area contributed by atoms with E-state index in [4.69, 9.17) is 0 Å². The molecule has 1 heterocycles. The topological polar surface area (TPSA) is 42.0 Å². The van der Waals surface area contributed by atoms with Crippen molar-refractivity contribution in [2.24, 2.45) is 0 Å². The van der Waals surface area contributed by atoms with Crippen LogP contribution in [0, 0.1) is 0 Å². The van der Waals surface area contributed by atoms with Crippen LogP contribution in [-0.2, 0) is 11.3 Å². The zero-order valence-electron chi connectivity index (χ0n) is 12.5. The molecule has 3 nitrogen and oxygen atoms in total. The number of carbonyl (C=O) groups is 1. The highest BCUT2D eigenvalue weighted by Crippen LogP contribution is 2.25. The van der Waals surface area contributed by atoms with Gasteiger partial charge in [-0.1, -0.05) is 49.4 Å². The summed E-state index contributed by atoms with van der Waals surface area (Å²) in [5.41, 5.74) is 4.27. The average molecular weight is 290 g/mol. The molecule has 0 bridgehead atoms. The molecule has 3 rings (SSSR count). The molecule has 2 aromatic carbocycles. The quantitative estimate of drug-likeness (QED) is 0.791. The number of benzene rings is 2. The van der Waals surface area contributed by atoms with Crippen LogP contribution in [0.25, 0.3) is 22.0 Å². The molecule has 0 radical (unpaired) electrons. The SMILES string of the molecule is CCC(=O)NCc1ccccc1-c1cnc2ccccc2c1. The van der Waals surface area contributed by atoms with Crippen LogP contribution in [0.3, 0.4) is 0 Å². The number of rotatable bonds is 4. The smallest absolute Gasteiger partial charge is 0.219 e. The molecule has 0 aliphatic rings. The van der Waals surface area contributed by atoms with Gasteiger partial charge in [0.25, 0.3) is 0 Å². The third kappa shape index (κ3) is 2.98. The van der Waals surface area contributed by atoms with Gasteiger partial charge in [-0.2, -0.15) is 0 Å². The predicted molar refractivity (Wildman–Crippen MR) is 89.3 cm³/mol. The molecule has 110 valence electrons. The molecule has 3 aromatic rings. The summed E-state index contributed by atoms with van der Waals surface area (Å²) >= 11 is 0. The highest BCUT2D eigenvalue weighted by Gasteiger charge is 2.07. The minimum atomic E-state index is 0.0615. The maximum Gasteiger partial charge on any atom is 0.219 e.